The summed E-state index contributed by atoms with van der Waals surface area (Å²) in [6.07, 6.45) is 4.21. The molecule has 0 aliphatic heterocycles. The molecule has 1 aromatic carbocycles. The van der Waals surface area contributed by atoms with Crippen LogP contribution < -0.4 is 10.0 Å². The molecule has 1 fully saturated rings. The highest BCUT2D eigenvalue weighted by Gasteiger charge is 2.21. The Balaban J connectivity index is 1.94. The average molecular weight is 282 g/mol. The van der Waals surface area contributed by atoms with Crippen LogP contribution in [0.2, 0.25) is 0 Å². The van der Waals surface area contributed by atoms with Gasteiger partial charge in [-0.2, -0.15) is 0 Å². The minimum atomic E-state index is -3.21. The Morgan fingerprint density at radius 2 is 1.68 bits per heavy atom. The van der Waals surface area contributed by atoms with Crippen LogP contribution in [0.3, 0.4) is 0 Å². The summed E-state index contributed by atoms with van der Waals surface area (Å²) >= 11 is 0. The molecule has 0 heterocycles. The highest BCUT2D eigenvalue weighted by molar-refractivity contribution is 7.88. The van der Waals surface area contributed by atoms with Gasteiger partial charge in [0.05, 0.1) is 5.75 Å². The van der Waals surface area contributed by atoms with Gasteiger partial charge in [0.15, 0.2) is 0 Å². The van der Waals surface area contributed by atoms with Crippen LogP contribution in [-0.2, 0) is 22.3 Å². The lowest BCUT2D eigenvalue weighted by Gasteiger charge is -2.12. The van der Waals surface area contributed by atoms with E-state index in [9.17, 15) is 8.42 Å². The zero-order chi connectivity index (χ0) is 13.7. The van der Waals surface area contributed by atoms with E-state index in [-0.39, 0.29) is 11.8 Å². The molecule has 2 rings (SSSR count). The van der Waals surface area contributed by atoms with Crippen molar-refractivity contribution in [3.05, 3.63) is 35.4 Å². The van der Waals surface area contributed by atoms with Crippen molar-refractivity contribution in [3.8, 4) is 0 Å². The normalized spacial score (nSPS) is 16.9. The molecule has 0 atom stereocenters. The zero-order valence-electron chi connectivity index (χ0n) is 11.4. The number of hydrogen-bond acceptors (Lipinski definition) is 3. The molecular weight excluding hydrogens is 260 g/mol. The fraction of sp³-hybridized carbons (Fsp3) is 0.571. The van der Waals surface area contributed by atoms with E-state index < -0.39 is 10.0 Å². The van der Waals surface area contributed by atoms with Gasteiger partial charge in [-0.3, -0.25) is 0 Å². The lowest BCUT2D eigenvalue weighted by Crippen LogP contribution is -2.33. The topological polar surface area (TPSA) is 58.2 Å². The van der Waals surface area contributed by atoms with Crippen molar-refractivity contribution in [1.82, 2.24) is 10.0 Å². The number of hydrogen-bond donors (Lipinski definition) is 2. The molecule has 19 heavy (non-hydrogen) atoms. The van der Waals surface area contributed by atoms with Crippen LogP contribution in [0.5, 0.6) is 0 Å². The Kier molecular flexibility index (Phi) is 4.96. The summed E-state index contributed by atoms with van der Waals surface area (Å²) in [5.41, 5.74) is 2.00. The van der Waals surface area contributed by atoms with Gasteiger partial charge in [0.1, 0.15) is 0 Å². The van der Waals surface area contributed by atoms with Gasteiger partial charge in [-0.15, -0.1) is 0 Å². The Labute approximate surface area is 115 Å². The third kappa shape index (κ3) is 4.60. The first-order valence-electron chi connectivity index (χ1n) is 6.81. The molecule has 106 valence electrons. The molecule has 0 saturated heterocycles. The van der Waals surface area contributed by atoms with E-state index in [0.717, 1.165) is 43.4 Å². The number of sulfonamides is 1. The highest BCUT2D eigenvalue weighted by Crippen LogP contribution is 2.19. The molecule has 0 aromatic heterocycles. The second-order valence-corrected chi connectivity index (χ2v) is 6.96. The minimum absolute atomic E-state index is 0.0728. The van der Waals surface area contributed by atoms with Crippen molar-refractivity contribution in [2.45, 2.75) is 44.0 Å². The molecule has 1 aromatic rings. The Morgan fingerprint density at radius 1 is 1.11 bits per heavy atom. The first-order chi connectivity index (χ1) is 9.09. The SMILES string of the molecule is CNCc1ccc(CS(=O)(=O)NC2CCCC2)cc1. The predicted molar refractivity (Wildman–Crippen MR) is 77.2 cm³/mol. The maximum Gasteiger partial charge on any atom is 0.216 e. The van der Waals surface area contributed by atoms with Gasteiger partial charge in [0.25, 0.3) is 0 Å². The van der Waals surface area contributed by atoms with E-state index in [2.05, 4.69) is 10.0 Å². The molecule has 0 bridgehead atoms. The zero-order valence-corrected chi connectivity index (χ0v) is 12.2. The Morgan fingerprint density at radius 3 is 2.26 bits per heavy atom. The van der Waals surface area contributed by atoms with Crippen molar-refractivity contribution < 1.29 is 8.42 Å². The van der Waals surface area contributed by atoms with E-state index in [1.165, 1.54) is 0 Å². The van der Waals surface area contributed by atoms with Crippen molar-refractivity contribution in [2.75, 3.05) is 7.05 Å². The molecule has 0 radical (unpaired) electrons. The van der Waals surface area contributed by atoms with Crippen LogP contribution in [0, 0.1) is 0 Å². The number of nitrogens with one attached hydrogen (secondary N) is 2. The molecule has 0 unspecified atom stereocenters. The quantitative estimate of drug-likeness (QED) is 0.836. The summed E-state index contributed by atoms with van der Waals surface area (Å²) in [6.45, 7) is 0.799. The molecule has 2 N–H and O–H groups in total. The van der Waals surface area contributed by atoms with Crippen molar-refractivity contribution in [2.24, 2.45) is 0 Å². The molecule has 1 aliphatic rings. The highest BCUT2D eigenvalue weighted by atomic mass is 32.2. The van der Waals surface area contributed by atoms with Gasteiger partial charge in [-0.25, -0.2) is 13.1 Å². The second kappa shape index (κ2) is 6.50. The lowest BCUT2D eigenvalue weighted by atomic mass is 10.1. The first kappa shape index (κ1) is 14.5. The van der Waals surface area contributed by atoms with Gasteiger partial charge in [-0.1, -0.05) is 37.1 Å². The van der Waals surface area contributed by atoms with Crippen LogP contribution >= 0.6 is 0 Å². The summed E-state index contributed by atoms with van der Waals surface area (Å²) in [4.78, 5) is 0. The number of benzene rings is 1. The molecule has 0 amide bonds. The minimum Gasteiger partial charge on any atom is -0.316 e. The summed E-state index contributed by atoms with van der Waals surface area (Å²) in [5, 5.41) is 3.07. The van der Waals surface area contributed by atoms with E-state index >= 15 is 0 Å². The molecule has 4 nitrogen and oxygen atoms in total. The molecule has 0 spiro atoms. The average Bonchev–Trinajstić information content (AvgIpc) is 2.83. The Hall–Kier alpha value is -0.910. The van der Waals surface area contributed by atoms with Crippen LogP contribution in [0.15, 0.2) is 24.3 Å². The van der Waals surface area contributed by atoms with E-state index in [1.54, 1.807) is 0 Å². The standard InChI is InChI=1S/C14H22N2O2S/c1-15-10-12-6-8-13(9-7-12)11-19(17,18)16-14-4-2-3-5-14/h6-9,14-16H,2-5,10-11H2,1H3. The van der Waals surface area contributed by atoms with Gasteiger partial charge in [0, 0.05) is 12.6 Å². The maximum atomic E-state index is 12.0. The third-order valence-corrected chi connectivity index (χ3v) is 4.87. The van der Waals surface area contributed by atoms with Crippen LogP contribution in [0.4, 0.5) is 0 Å². The third-order valence-electron chi connectivity index (χ3n) is 3.46. The van der Waals surface area contributed by atoms with Crippen LogP contribution in [0.1, 0.15) is 36.8 Å². The lowest BCUT2D eigenvalue weighted by molar-refractivity contribution is 0.551. The van der Waals surface area contributed by atoms with Gasteiger partial charge < -0.3 is 5.32 Å². The fourth-order valence-electron chi connectivity index (χ4n) is 2.52. The van der Waals surface area contributed by atoms with Gasteiger partial charge >= 0.3 is 0 Å². The van der Waals surface area contributed by atoms with Crippen molar-refractivity contribution in [3.63, 3.8) is 0 Å². The van der Waals surface area contributed by atoms with Gasteiger partial charge in [0.2, 0.25) is 10.0 Å². The number of rotatable bonds is 6. The summed E-state index contributed by atoms with van der Waals surface area (Å²) in [7, 11) is -1.32. The monoisotopic (exact) mass is 282 g/mol. The van der Waals surface area contributed by atoms with Crippen molar-refractivity contribution >= 4 is 10.0 Å². The molecular formula is C14H22N2O2S. The summed E-state index contributed by atoms with van der Waals surface area (Å²) in [5.74, 6) is 0.0728. The van der Waals surface area contributed by atoms with Crippen LogP contribution in [-0.4, -0.2) is 21.5 Å². The van der Waals surface area contributed by atoms with Gasteiger partial charge in [-0.05, 0) is 31.0 Å². The molecule has 1 aliphatic carbocycles. The molecule has 5 heteroatoms. The van der Waals surface area contributed by atoms with E-state index in [1.807, 2.05) is 31.3 Å². The summed E-state index contributed by atoms with van der Waals surface area (Å²) in [6, 6.07) is 7.86. The van der Waals surface area contributed by atoms with Crippen LogP contribution in [0.25, 0.3) is 0 Å². The smallest absolute Gasteiger partial charge is 0.216 e. The first-order valence-corrected chi connectivity index (χ1v) is 8.47. The predicted octanol–water partition coefficient (Wildman–Crippen LogP) is 1.77. The Bertz CT molecular complexity index is 491. The van der Waals surface area contributed by atoms with E-state index in [4.69, 9.17) is 0 Å². The molecule has 1 saturated carbocycles. The summed E-state index contributed by atoms with van der Waals surface area (Å²) < 4.78 is 26.9. The van der Waals surface area contributed by atoms with Crippen molar-refractivity contribution in [1.29, 1.82) is 0 Å². The maximum absolute atomic E-state index is 12.0. The largest absolute Gasteiger partial charge is 0.316 e. The van der Waals surface area contributed by atoms with E-state index in [0.29, 0.717) is 0 Å². The fourth-order valence-corrected chi connectivity index (χ4v) is 3.97. The second-order valence-electron chi connectivity index (χ2n) is 5.21.